The molecule has 0 aliphatic carbocycles. The van der Waals surface area contributed by atoms with E-state index in [1.807, 2.05) is 43.3 Å². The molecule has 10 nitrogen and oxygen atoms in total. The van der Waals surface area contributed by atoms with E-state index >= 15 is 0 Å². The molecule has 0 aliphatic rings. The minimum Gasteiger partial charge on any atom is -0.491 e. The van der Waals surface area contributed by atoms with Gasteiger partial charge in [0.2, 0.25) is 5.95 Å². The number of aliphatic hydroxyl groups is 1. The van der Waals surface area contributed by atoms with Crippen LogP contribution in [-0.4, -0.2) is 42.6 Å². The average molecular weight is 497 g/mol. The molecule has 0 aliphatic heterocycles. The number of para-hydroxylation sites is 1. The number of imidazole rings is 1. The van der Waals surface area contributed by atoms with E-state index in [1.54, 1.807) is 19.1 Å². The number of aryl methyl sites for hydroxylation is 2. The van der Waals surface area contributed by atoms with E-state index in [2.05, 4.69) is 20.5 Å². The highest BCUT2D eigenvalue weighted by Gasteiger charge is 2.20. The Kier molecular flexibility index (Phi) is 7.04. The van der Waals surface area contributed by atoms with Gasteiger partial charge < -0.3 is 14.4 Å². The Bertz CT molecular complexity index is 1500. The largest absolute Gasteiger partial charge is 0.491 e. The van der Waals surface area contributed by atoms with E-state index in [0.717, 1.165) is 11.1 Å². The third-order valence-electron chi connectivity index (χ3n) is 5.51. The van der Waals surface area contributed by atoms with Crippen LogP contribution in [0.3, 0.4) is 0 Å². The van der Waals surface area contributed by atoms with E-state index in [1.165, 1.54) is 16.2 Å². The summed E-state index contributed by atoms with van der Waals surface area (Å²) in [5.74, 6) is 0.846. The van der Waals surface area contributed by atoms with Gasteiger partial charge in [-0.2, -0.15) is 10.1 Å². The van der Waals surface area contributed by atoms with E-state index in [0.29, 0.717) is 16.5 Å². The zero-order chi connectivity index (χ0) is 25.1. The highest BCUT2D eigenvalue weighted by Crippen LogP contribution is 2.19. The summed E-state index contributed by atoms with van der Waals surface area (Å²) in [7, 11) is 1.50. The van der Waals surface area contributed by atoms with Crippen LogP contribution in [0.25, 0.3) is 11.2 Å². The number of anilines is 1. The van der Waals surface area contributed by atoms with Crippen molar-refractivity contribution in [2.75, 3.05) is 12.0 Å². The maximum Gasteiger partial charge on any atom is 0.329 e. The number of rotatable bonds is 8. The molecule has 0 amide bonds. The van der Waals surface area contributed by atoms with Crippen LogP contribution in [0.5, 0.6) is 5.75 Å². The highest BCUT2D eigenvalue weighted by molar-refractivity contribution is 6.30. The van der Waals surface area contributed by atoms with Crippen molar-refractivity contribution in [1.29, 1.82) is 0 Å². The van der Waals surface area contributed by atoms with E-state index in [-0.39, 0.29) is 30.3 Å². The molecule has 182 valence electrons. The van der Waals surface area contributed by atoms with Gasteiger partial charge in [0.05, 0.1) is 12.3 Å². The predicted octanol–water partition coefficient (Wildman–Crippen LogP) is 2.66. The second-order valence-corrected chi connectivity index (χ2v) is 8.52. The summed E-state index contributed by atoms with van der Waals surface area (Å²) < 4.78 is 8.47. The lowest BCUT2D eigenvalue weighted by Crippen LogP contribution is -2.30. The molecule has 0 fully saturated rings. The number of hydrazone groups is 1. The Labute approximate surface area is 205 Å². The fourth-order valence-corrected chi connectivity index (χ4v) is 3.68. The van der Waals surface area contributed by atoms with Crippen LogP contribution >= 0.6 is 11.6 Å². The van der Waals surface area contributed by atoms with Crippen molar-refractivity contribution in [3.8, 4) is 5.75 Å². The Balaban J connectivity index is 1.65. The van der Waals surface area contributed by atoms with Gasteiger partial charge in [-0.25, -0.2) is 10.2 Å². The maximum atomic E-state index is 12.7. The third-order valence-corrected chi connectivity index (χ3v) is 5.76. The Morgan fingerprint density at radius 1 is 1.23 bits per heavy atom. The molecule has 2 aromatic heterocycles. The molecule has 2 aromatic carbocycles. The van der Waals surface area contributed by atoms with Crippen LogP contribution < -0.4 is 21.4 Å². The highest BCUT2D eigenvalue weighted by atomic mass is 35.5. The Hall–Kier alpha value is -3.89. The van der Waals surface area contributed by atoms with Crippen LogP contribution in [0, 0.1) is 6.92 Å². The molecule has 2 heterocycles. The second-order valence-electron chi connectivity index (χ2n) is 8.08. The van der Waals surface area contributed by atoms with Crippen molar-refractivity contribution in [2.24, 2.45) is 12.1 Å². The first kappa shape index (κ1) is 24.2. The van der Waals surface area contributed by atoms with Crippen LogP contribution in [-0.2, 0) is 13.6 Å². The number of aromatic amines is 1. The molecule has 1 atom stereocenters. The third kappa shape index (κ3) is 5.28. The molecule has 0 saturated carbocycles. The van der Waals surface area contributed by atoms with Crippen LogP contribution in [0.1, 0.15) is 18.1 Å². The van der Waals surface area contributed by atoms with Crippen LogP contribution in [0.2, 0.25) is 5.02 Å². The molecular formula is C24H25ClN6O4. The summed E-state index contributed by atoms with van der Waals surface area (Å²) in [5.41, 5.74) is 4.36. The second kappa shape index (κ2) is 10.2. The number of halogens is 1. The number of aromatic nitrogens is 4. The molecule has 35 heavy (non-hydrogen) atoms. The van der Waals surface area contributed by atoms with E-state index in [4.69, 9.17) is 16.3 Å². The first-order chi connectivity index (χ1) is 16.7. The number of hydrogen-bond donors (Lipinski definition) is 3. The van der Waals surface area contributed by atoms with Crippen molar-refractivity contribution in [3.05, 3.63) is 85.5 Å². The Morgan fingerprint density at radius 2 is 1.94 bits per heavy atom. The lowest BCUT2D eigenvalue weighted by molar-refractivity contribution is 0.0935. The van der Waals surface area contributed by atoms with E-state index < -0.39 is 17.4 Å². The molecule has 0 saturated heterocycles. The topological polar surface area (TPSA) is 127 Å². The lowest BCUT2D eigenvalue weighted by Gasteiger charge is -2.16. The lowest BCUT2D eigenvalue weighted by atomic mass is 10.1. The summed E-state index contributed by atoms with van der Waals surface area (Å²) >= 11 is 5.96. The van der Waals surface area contributed by atoms with E-state index in [9.17, 15) is 14.7 Å². The fraction of sp³-hybridized carbons (Fsp3) is 0.250. The number of benzene rings is 2. The molecule has 4 aromatic rings. The summed E-state index contributed by atoms with van der Waals surface area (Å²) in [5, 5.41) is 15.7. The van der Waals surface area contributed by atoms with Gasteiger partial charge in [0.1, 0.15) is 18.5 Å². The number of nitrogens with one attached hydrogen (secondary N) is 2. The molecule has 0 bridgehead atoms. The number of hydrogen-bond acceptors (Lipinski definition) is 7. The number of H-pyrrole nitrogens is 1. The van der Waals surface area contributed by atoms with Gasteiger partial charge in [-0.1, -0.05) is 41.9 Å². The zero-order valence-electron chi connectivity index (χ0n) is 19.4. The molecule has 11 heteroatoms. The fourth-order valence-electron chi connectivity index (χ4n) is 3.55. The van der Waals surface area contributed by atoms with Gasteiger partial charge in [0, 0.05) is 12.1 Å². The quantitative estimate of drug-likeness (QED) is 0.254. The standard InChI is InChI=1S/C24H25ClN6O4/c1-14-6-4-5-7-19(14)35-13-18(32)12-31-20-21(30(3)24(34)27-22(20)33)26-23(31)29-28-15(2)16-8-10-17(25)11-9-16/h4-11,18,32H,12-13H2,1-3H3,(H,26,29)(H,27,33,34)/b28-15-/t18-/m1/s1. The monoisotopic (exact) mass is 496 g/mol. The number of aliphatic hydroxyl groups excluding tert-OH is 1. The molecular weight excluding hydrogens is 472 g/mol. The SMILES string of the molecule is C/C(=N/Nc1nc2c(c(=O)[nH]c(=O)n2C)n1C[C@@H](O)COc1ccccc1C)c1ccc(Cl)cc1. The predicted molar refractivity (Wildman–Crippen MR) is 136 cm³/mol. The summed E-state index contributed by atoms with van der Waals surface area (Å²) in [6.07, 6.45) is -0.981. The van der Waals surface area contributed by atoms with Gasteiger partial charge >= 0.3 is 5.69 Å². The maximum absolute atomic E-state index is 12.7. The molecule has 0 spiro atoms. The molecule has 0 unspecified atom stereocenters. The van der Waals surface area contributed by atoms with Gasteiger partial charge in [0.15, 0.2) is 11.2 Å². The number of ether oxygens (including phenoxy) is 1. The molecule has 4 rings (SSSR count). The first-order valence-electron chi connectivity index (χ1n) is 10.9. The Morgan fingerprint density at radius 3 is 2.66 bits per heavy atom. The van der Waals surface area contributed by atoms with Gasteiger partial charge in [0.25, 0.3) is 5.56 Å². The number of fused-ring (bicyclic) bond motifs is 1. The first-order valence-corrected chi connectivity index (χ1v) is 11.2. The van der Waals surface area contributed by atoms with Crippen LogP contribution in [0.4, 0.5) is 5.95 Å². The smallest absolute Gasteiger partial charge is 0.329 e. The average Bonchev–Trinajstić information content (AvgIpc) is 3.19. The van der Waals surface area contributed by atoms with Crippen molar-refractivity contribution >= 4 is 34.4 Å². The van der Waals surface area contributed by atoms with Gasteiger partial charge in [-0.3, -0.25) is 14.3 Å². The van der Waals surface area contributed by atoms with Crippen molar-refractivity contribution in [1.82, 2.24) is 19.1 Å². The van der Waals surface area contributed by atoms with Gasteiger partial charge in [-0.05, 0) is 43.2 Å². The normalized spacial score (nSPS) is 12.7. The molecule has 0 radical (unpaired) electrons. The van der Waals surface area contributed by atoms with Crippen molar-refractivity contribution in [3.63, 3.8) is 0 Å². The summed E-state index contributed by atoms with van der Waals surface area (Å²) in [4.78, 5) is 31.4. The minimum absolute atomic E-state index is 0.0132. The van der Waals surface area contributed by atoms with Crippen molar-refractivity contribution in [2.45, 2.75) is 26.5 Å². The van der Waals surface area contributed by atoms with Crippen molar-refractivity contribution < 1.29 is 9.84 Å². The minimum atomic E-state index is -0.981. The number of nitrogens with zero attached hydrogens (tertiary/aromatic N) is 4. The van der Waals surface area contributed by atoms with Gasteiger partial charge in [-0.15, -0.1) is 0 Å². The molecule has 3 N–H and O–H groups in total. The summed E-state index contributed by atoms with van der Waals surface area (Å²) in [6.45, 7) is 3.67. The zero-order valence-corrected chi connectivity index (χ0v) is 20.2. The van der Waals surface area contributed by atoms with Crippen LogP contribution in [0.15, 0.2) is 63.2 Å². The summed E-state index contributed by atoms with van der Waals surface area (Å²) in [6, 6.07) is 14.6.